The van der Waals surface area contributed by atoms with Gasteiger partial charge in [-0.05, 0) is 36.4 Å². The zero-order valence-corrected chi connectivity index (χ0v) is 13.4. The van der Waals surface area contributed by atoms with Crippen molar-refractivity contribution in [3.8, 4) is 17.6 Å². The van der Waals surface area contributed by atoms with Gasteiger partial charge in [0.05, 0.1) is 16.1 Å². The molecule has 1 aliphatic rings. The minimum Gasteiger partial charge on any atom is -0.454 e. The molecule has 0 fully saturated rings. The van der Waals surface area contributed by atoms with Gasteiger partial charge in [-0.1, -0.05) is 18.2 Å². The van der Waals surface area contributed by atoms with Crippen molar-refractivity contribution in [2.45, 2.75) is 0 Å². The maximum atomic E-state index is 12.5. The molecule has 0 radical (unpaired) electrons. The first-order valence-corrected chi connectivity index (χ1v) is 7.56. The van der Waals surface area contributed by atoms with Gasteiger partial charge in [-0.15, -0.1) is 0 Å². The minimum absolute atomic E-state index is 0.0576. The molecule has 1 aliphatic heterocycles. The maximum absolute atomic E-state index is 12.5. The second-order valence-electron chi connectivity index (χ2n) is 5.26. The number of fused-ring (bicyclic) bond motifs is 1. The molecule has 0 aromatic heterocycles. The van der Waals surface area contributed by atoms with Gasteiger partial charge in [0, 0.05) is 11.6 Å². The smallest absolute Gasteiger partial charge is 0.276 e. The summed E-state index contributed by atoms with van der Waals surface area (Å²) in [5.74, 6) is 0.516. The summed E-state index contributed by atoms with van der Waals surface area (Å²) in [5.41, 5.74) is 0.513. The van der Waals surface area contributed by atoms with E-state index in [1.165, 1.54) is 30.4 Å². The topological polar surface area (TPSA) is 102 Å². The summed E-state index contributed by atoms with van der Waals surface area (Å²) >= 11 is 0. The van der Waals surface area contributed by atoms with E-state index >= 15 is 0 Å². The first kappa shape index (κ1) is 16.9. The monoisotopic (exact) mass is 348 g/mol. The number of carbonyl (C=O) groups is 1. The van der Waals surface area contributed by atoms with Crippen LogP contribution in [0.2, 0.25) is 0 Å². The highest BCUT2D eigenvalue weighted by atomic mass is 16.7. The first-order valence-electron chi connectivity index (χ1n) is 7.56. The zero-order valence-electron chi connectivity index (χ0n) is 13.4. The number of nitrogens with zero attached hydrogens (tertiary/aromatic N) is 2. The number of ether oxygens (including phenoxy) is 2. The second-order valence-corrected chi connectivity index (χ2v) is 5.26. The number of nitro benzene ring substituents is 1. The van der Waals surface area contributed by atoms with Gasteiger partial charge in [0.15, 0.2) is 11.5 Å². The van der Waals surface area contributed by atoms with E-state index in [2.05, 4.69) is 0 Å². The number of carbonyl (C=O) groups excluding carboxylic acids is 1. The molecule has 3 rings (SSSR count). The van der Waals surface area contributed by atoms with Gasteiger partial charge in [0.1, 0.15) is 6.07 Å². The molecule has 0 saturated carbocycles. The fraction of sp³-hybridized carbons (Fsp3) is 0.0526. The van der Waals surface area contributed by atoms with Crippen molar-refractivity contribution in [2.75, 3.05) is 6.79 Å². The van der Waals surface area contributed by atoms with E-state index in [1.54, 1.807) is 30.3 Å². The third-order valence-electron chi connectivity index (χ3n) is 3.67. The Morgan fingerprint density at radius 1 is 1.19 bits per heavy atom. The van der Waals surface area contributed by atoms with Gasteiger partial charge in [-0.3, -0.25) is 14.9 Å². The highest BCUT2D eigenvalue weighted by Crippen LogP contribution is 2.33. The Morgan fingerprint density at radius 3 is 2.73 bits per heavy atom. The van der Waals surface area contributed by atoms with Crippen LogP contribution in [0.25, 0.3) is 6.08 Å². The number of para-hydroxylation sites is 1. The largest absolute Gasteiger partial charge is 0.454 e. The molecule has 0 saturated heterocycles. The van der Waals surface area contributed by atoms with Crippen molar-refractivity contribution >= 4 is 17.5 Å². The molecule has 0 amide bonds. The molecule has 0 N–H and O–H groups in total. The van der Waals surface area contributed by atoms with Gasteiger partial charge in [-0.2, -0.15) is 5.26 Å². The van der Waals surface area contributed by atoms with Gasteiger partial charge in [-0.25, -0.2) is 0 Å². The normalized spacial score (nSPS) is 12.8. The first-order chi connectivity index (χ1) is 12.6. The van der Waals surface area contributed by atoms with Crippen LogP contribution in [-0.4, -0.2) is 17.5 Å². The van der Waals surface area contributed by atoms with Crippen molar-refractivity contribution in [1.82, 2.24) is 0 Å². The standard InChI is InChI=1S/C19H12N2O5/c20-11-15(6-3-5-13-4-1-2-7-16(13)21(23)24)19(22)14-8-9-17-18(10-14)26-12-25-17/h1-10H,12H2/b5-3+,15-6?. The van der Waals surface area contributed by atoms with Crippen molar-refractivity contribution < 1.29 is 19.2 Å². The Hall–Kier alpha value is -3.92. The van der Waals surface area contributed by atoms with Crippen molar-refractivity contribution in [3.05, 3.63) is 81.4 Å². The number of hydrogen-bond donors (Lipinski definition) is 0. The molecular weight excluding hydrogens is 336 g/mol. The summed E-state index contributed by atoms with van der Waals surface area (Å²) in [6, 6.07) is 12.7. The van der Waals surface area contributed by atoms with Crippen molar-refractivity contribution in [3.63, 3.8) is 0 Å². The molecule has 2 aromatic carbocycles. The van der Waals surface area contributed by atoms with E-state index in [9.17, 15) is 20.2 Å². The van der Waals surface area contributed by atoms with E-state index in [0.717, 1.165) is 0 Å². The number of nitriles is 1. The third-order valence-corrected chi connectivity index (χ3v) is 3.67. The van der Waals surface area contributed by atoms with Crippen molar-refractivity contribution in [2.24, 2.45) is 0 Å². The molecule has 0 bridgehead atoms. The Balaban J connectivity index is 1.84. The summed E-state index contributed by atoms with van der Waals surface area (Å²) in [5, 5.41) is 20.2. The Bertz CT molecular complexity index is 986. The van der Waals surface area contributed by atoms with E-state index in [1.807, 2.05) is 6.07 Å². The summed E-state index contributed by atoms with van der Waals surface area (Å²) in [7, 11) is 0. The van der Waals surface area contributed by atoms with Gasteiger partial charge >= 0.3 is 0 Å². The molecule has 7 heteroatoms. The fourth-order valence-electron chi connectivity index (χ4n) is 2.40. The lowest BCUT2D eigenvalue weighted by Gasteiger charge is -2.01. The Kier molecular flexibility index (Phi) is 4.76. The molecule has 2 aromatic rings. The molecule has 0 unspecified atom stereocenters. The number of nitro groups is 1. The van der Waals surface area contributed by atoms with E-state index in [0.29, 0.717) is 22.6 Å². The SMILES string of the molecule is N#CC(=C/C=C/c1ccccc1[N+](=O)[O-])C(=O)c1ccc2c(c1)OCO2. The number of hydrogen-bond acceptors (Lipinski definition) is 6. The highest BCUT2D eigenvalue weighted by molar-refractivity contribution is 6.11. The molecule has 7 nitrogen and oxygen atoms in total. The van der Waals surface area contributed by atoms with Crippen LogP contribution in [0.15, 0.2) is 60.2 Å². The molecule has 128 valence electrons. The number of allylic oxidation sites excluding steroid dienone is 3. The second kappa shape index (κ2) is 7.32. The number of ketones is 1. The number of benzene rings is 2. The number of rotatable bonds is 5. The van der Waals surface area contributed by atoms with Crippen LogP contribution in [0.1, 0.15) is 15.9 Å². The lowest BCUT2D eigenvalue weighted by atomic mass is 10.0. The van der Waals surface area contributed by atoms with Crippen LogP contribution in [0, 0.1) is 21.4 Å². The highest BCUT2D eigenvalue weighted by Gasteiger charge is 2.18. The van der Waals surface area contributed by atoms with Gasteiger partial charge < -0.3 is 9.47 Å². The molecule has 26 heavy (non-hydrogen) atoms. The minimum atomic E-state index is -0.494. The van der Waals surface area contributed by atoms with E-state index in [-0.39, 0.29) is 18.1 Å². The van der Waals surface area contributed by atoms with Gasteiger partial charge in [0.25, 0.3) is 5.69 Å². The Labute approximate surface area is 148 Å². The summed E-state index contributed by atoms with van der Waals surface area (Å²) < 4.78 is 10.4. The molecular formula is C19H12N2O5. The van der Waals surface area contributed by atoms with Crippen LogP contribution in [-0.2, 0) is 0 Å². The average Bonchev–Trinajstić information content (AvgIpc) is 3.12. The summed E-state index contributed by atoms with van der Waals surface area (Å²) in [6.07, 6.45) is 4.23. The predicted molar refractivity (Wildman–Crippen MR) is 92.7 cm³/mol. The van der Waals surface area contributed by atoms with E-state index < -0.39 is 10.7 Å². The maximum Gasteiger partial charge on any atom is 0.276 e. The lowest BCUT2D eigenvalue weighted by molar-refractivity contribution is -0.385. The van der Waals surface area contributed by atoms with E-state index in [4.69, 9.17) is 9.47 Å². The van der Waals surface area contributed by atoms with Crippen LogP contribution in [0.3, 0.4) is 0 Å². The molecule has 0 aliphatic carbocycles. The third kappa shape index (κ3) is 3.44. The Morgan fingerprint density at radius 2 is 1.96 bits per heavy atom. The van der Waals surface area contributed by atoms with Crippen LogP contribution in [0.4, 0.5) is 5.69 Å². The number of Topliss-reactive ketones (excluding diaryl/α,β-unsaturated/α-hetero) is 1. The predicted octanol–water partition coefficient (Wildman–Crippen LogP) is 3.67. The summed E-state index contributed by atoms with van der Waals surface area (Å²) in [6.45, 7) is 0.0898. The molecule has 1 heterocycles. The lowest BCUT2D eigenvalue weighted by Crippen LogP contribution is -2.01. The molecule has 0 spiro atoms. The van der Waals surface area contributed by atoms with Gasteiger partial charge in [0.2, 0.25) is 12.6 Å². The quantitative estimate of drug-likeness (QED) is 0.204. The zero-order chi connectivity index (χ0) is 18.5. The average molecular weight is 348 g/mol. The van der Waals surface area contributed by atoms with Crippen LogP contribution in [0.5, 0.6) is 11.5 Å². The molecule has 0 atom stereocenters. The van der Waals surface area contributed by atoms with Crippen LogP contribution < -0.4 is 9.47 Å². The summed E-state index contributed by atoms with van der Waals surface area (Å²) in [4.78, 5) is 23.0. The fourth-order valence-corrected chi connectivity index (χ4v) is 2.40. The van der Waals surface area contributed by atoms with Crippen LogP contribution >= 0.6 is 0 Å². The van der Waals surface area contributed by atoms with Crippen molar-refractivity contribution in [1.29, 1.82) is 5.26 Å².